The summed E-state index contributed by atoms with van der Waals surface area (Å²) in [6.07, 6.45) is 0.725. The Balaban J connectivity index is 2.71. The fourth-order valence-electron chi connectivity index (χ4n) is 1.69. The van der Waals surface area contributed by atoms with E-state index in [1.54, 1.807) is 18.2 Å². The van der Waals surface area contributed by atoms with Crippen LogP contribution in [-0.4, -0.2) is 45.1 Å². The van der Waals surface area contributed by atoms with E-state index in [-0.39, 0.29) is 17.3 Å². The van der Waals surface area contributed by atoms with Gasteiger partial charge in [0.2, 0.25) is 0 Å². The highest BCUT2D eigenvalue weighted by Crippen LogP contribution is 2.18. The molecule has 0 aromatic heterocycles. The van der Waals surface area contributed by atoms with Crippen molar-refractivity contribution in [3.05, 3.63) is 24.3 Å². The molecule has 0 fully saturated rings. The first kappa shape index (κ1) is 16.9. The second kappa shape index (κ2) is 7.06. The molecule has 1 aromatic rings. The summed E-state index contributed by atoms with van der Waals surface area (Å²) in [5, 5.41) is 12.4. The Morgan fingerprint density at radius 3 is 2.65 bits per heavy atom. The summed E-state index contributed by atoms with van der Waals surface area (Å²) in [6, 6.07) is 6.43. The summed E-state index contributed by atoms with van der Waals surface area (Å²) in [4.78, 5) is 0.251. The van der Waals surface area contributed by atoms with Gasteiger partial charge in [0.1, 0.15) is 5.75 Å². The van der Waals surface area contributed by atoms with Crippen molar-refractivity contribution in [1.82, 2.24) is 5.32 Å². The molecule has 0 aliphatic heterocycles. The molecule has 6 heteroatoms. The Kier molecular flexibility index (Phi) is 5.98. The number of sulfone groups is 1. The number of ether oxygens (including phenoxy) is 1. The number of methoxy groups -OCH3 is 1. The largest absolute Gasteiger partial charge is 0.497 e. The van der Waals surface area contributed by atoms with E-state index in [4.69, 9.17) is 4.74 Å². The Bertz CT molecular complexity index is 524. The normalized spacial score (nSPS) is 14.8. The minimum atomic E-state index is -3.36. The molecular formula is C14H23NO4S. The molecule has 0 spiro atoms. The third-order valence-corrected chi connectivity index (χ3v) is 5.17. The molecule has 0 saturated carbocycles. The monoisotopic (exact) mass is 301 g/mol. The van der Waals surface area contributed by atoms with Crippen LogP contribution in [0.4, 0.5) is 0 Å². The third-order valence-electron chi connectivity index (χ3n) is 3.45. The number of hydrogen-bond acceptors (Lipinski definition) is 5. The fraction of sp³-hybridized carbons (Fsp3) is 0.571. The van der Waals surface area contributed by atoms with Crippen molar-refractivity contribution < 1.29 is 18.3 Å². The van der Waals surface area contributed by atoms with Crippen LogP contribution in [0.2, 0.25) is 0 Å². The number of nitrogens with one attached hydrogen (secondary N) is 1. The summed E-state index contributed by atoms with van der Waals surface area (Å²) in [7, 11) is -1.85. The van der Waals surface area contributed by atoms with Crippen molar-refractivity contribution in [3.63, 3.8) is 0 Å². The molecule has 1 atom stereocenters. The van der Waals surface area contributed by atoms with Crippen LogP contribution < -0.4 is 10.1 Å². The van der Waals surface area contributed by atoms with Crippen LogP contribution in [0.15, 0.2) is 29.2 Å². The van der Waals surface area contributed by atoms with Crippen LogP contribution in [0.3, 0.4) is 0 Å². The molecule has 0 saturated heterocycles. The van der Waals surface area contributed by atoms with E-state index in [9.17, 15) is 13.5 Å². The van der Waals surface area contributed by atoms with E-state index in [0.717, 1.165) is 6.42 Å². The highest BCUT2D eigenvalue weighted by molar-refractivity contribution is 7.91. The maximum Gasteiger partial charge on any atom is 0.179 e. The lowest BCUT2D eigenvalue weighted by molar-refractivity contribution is 0.172. The van der Waals surface area contributed by atoms with Crippen molar-refractivity contribution in [2.75, 3.05) is 26.0 Å². The molecule has 0 aliphatic rings. The molecule has 1 unspecified atom stereocenters. The molecule has 0 heterocycles. The number of rotatable bonds is 8. The summed E-state index contributed by atoms with van der Waals surface area (Å²) in [5.41, 5.74) is -0.441. The number of aliphatic hydroxyl groups is 1. The van der Waals surface area contributed by atoms with Crippen LogP contribution in [0.1, 0.15) is 20.3 Å². The van der Waals surface area contributed by atoms with Gasteiger partial charge in [0.05, 0.1) is 24.4 Å². The molecule has 1 rings (SSSR count). The van der Waals surface area contributed by atoms with Gasteiger partial charge >= 0.3 is 0 Å². The average Bonchev–Trinajstić information content (AvgIpc) is 2.47. The molecule has 0 amide bonds. The van der Waals surface area contributed by atoms with Gasteiger partial charge < -0.3 is 15.2 Å². The van der Waals surface area contributed by atoms with Gasteiger partial charge in [-0.3, -0.25) is 0 Å². The first-order chi connectivity index (χ1) is 9.37. The highest BCUT2D eigenvalue weighted by atomic mass is 32.2. The molecule has 0 bridgehead atoms. The Morgan fingerprint density at radius 2 is 2.10 bits per heavy atom. The van der Waals surface area contributed by atoms with Gasteiger partial charge in [0.25, 0.3) is 0 Å². The van der Waals surface area contributed by atoms with Gasteiger partial charge in [-0.25, -0.2) is 8.42 Å². The van der Waals surface area contributed by atoms with E-state index in [1.165, 1.54) is 13.2 Å². The van der Waals surface area contributed by atoms with Crippen molar-refractivity contribution in [2.24, 2.45) is 0 Å². The molecule has 5 nitrogen and oxygen atoms in total. The molecule has 20 heavy (non-hydrogen) atoms. The maximum absolute atomic E-state index is 12.2. The van der Waals surface area contributed by atoms with Gasteiger partial charge in [-0.2, -0.15) is 0 Å². The van der Waals surface area contributed by atoms with E-state index >= 15 is 0 Å². The topological polar surface area (TPSA) is 75.6 Å². The van der Waals surface area contributed by atoms with Crippen LogP contribution in [0.25, 0.3) is 0 Å². The van der Waals surface area contributed by atoms with Gasteiger partial charge in [0, 0.05) is 12.1 Å². The summed E-state index contributed by atoms with van der Waals surface area (Å²) in [6.45, 7) is 4.08. The molecule has 0 aliphatic carbocycles. The minimum absolute atomic E-state index is 0.0181. The first-order valence-electron chi connectivity index (χ1n) is 6.59. The molecule has 2 N–H and O–H groups in total. The summed E-state index contributed by atoms with van der Waals surface area (Å²) < 4.78 is 29.4. The Morgan fingerprint density at radius 1 is 1.40 bits per heavy atom. The van der Waals surface area contributed by atoms with E-state index in [1.807, 2.05) is 13.8 Å². The third kappa shape index (κ3) is 4.47. The van der Waals surface area contributed by atoms with Crippen LogP contribution in [0.5, 0.6) is 5.75 Å². The predicted molar refractivity (Wildman–Crippen MR) is 78.8 cm³/mol. The summed E-state index contributed by atoms with van der Waals surface area (Å²) in [5.74, 6) is 0.503. The molecule has 114 valence electrons. The number of hydrogen-bond donors (Lipinski definition) is 2. The predicted octanol–water partition coefficient (Wildman–Crippen LogP) is 1.22. The van der Waals surface area contributed by atoms with Gasteiger partial charge in [-0.05, 0) is 31.5 Å². The van der Waals surface area contributed by atoms with Crippen LogP contribution >= 0.6 is 0 Å². The first-order valence-corrected chi connectivity index (χ1v) is 8.25. The second-order valence-corrected chi connectivity index (χ2v) is 7.11. The zero-order chi connectivity index (χ0) is 15.2. The van der Waals surface area contributed by atoms with Crippen molar-refractivity contribution >= 4 is 9.84 Å². The quantitative estimate of drug-likeness (QED) is 0.755. The smallest absolute Gasteiger partial charge is 0.179 e. The molecule has 1 aromatic carbocycles. The van der Waals surface area contributed by atoms with Crippen molar-refractivity contribution in [3.8, 4) is 5.75 Å². The summed E-state index contributed by atoms with van der Waals surface area (Å²) >= 11 is 0. The zero-order valence-electron chi connectivity index (χ0n) is 12.2. The van der Waals surface area contributed by atoms with Crippen molar-refractivity contribution in [1.29, 1.82) is 0 Å². The minimum Gasteiger partial charge on any atom is -0.497 e. The second-order valence-electron chi connectivity index (χ2n) is 5.00. The highest BCUT2D eigenvalue weighted by Gasteiger charge is 2.22. The fourth-order valence-corrected chi connectivity index (χ4v) is 2.88. The van der Waals surface area contributed by atoms with Gasteiger partial charge in [-0.15, -0.1) is 0 Å². The van der Waals surface area contributed by atoms with Gasteiger partial charge in [-0.1, -0.05) is 13.0 Å². The van der Waals surface area contributed by atoms with E-state index < -0.39 is 15.4 Å². The number of aliphatic hydroxyl groups excluding tert-OH is 1. The average molecular weight is 301 g/mol. The Labute approximate surface area is 120 Å². The van der Waals surface area contributed by atoms with E-state index in [2.05, 4.69) is 5.32 Å². The molecular weight excluding hydrogens is 278 g/mol. The maximum atomic E-state index is 12.2. The van der Waals surface area contributed by atoms with E-state index in [0.29, 0.717) is 12.3 Å². The van der Waals surface area contributed by atoms with Crippen LogP contribution in [-0.2, 0) is 9.84 Å². The zero-order valence-corrected chi connectivity index (χ0v) is 13.0. The number of benzene rings is 1. The van der Waals surface area contributed by atoms with Crippen molar-refractivity contribution in [2.45, 2.75) is 30.7 Å². The lowest BCUT2D eigenvalue weighted by Crippen LogP contribution is -2.46. The van der Waals surface area contributed by atoms with Crippen LogP contribution in [0, 0.1) is 0 Å². The standard InChI is InChI=1S/C14H23NO4S/c1-4-14(2,11-16)15-8-9-20(17,18)13-7-5-6-12(10-13)19-3/h5-7,10,15-16H,4,8-9,11H2,1-3H3. The SMILES string of the molecule is CCC(C)(CO)NCCS(=O)(=O)c1cccc(OC)c1. The lowest BCUT2D eigenvalue weighted by atomic mass is 10.0. The van der Waals surface area contributed by atoms with Gasteiger partial charge in [0.15, 0.2) is 9.84 Å². The Hall–Kier alpha value is -1.11. The lowest BCUT2D eigenvalue weighted by Gasteiger charge is -2.27. The molecule has 0 radical (unpaired) electrons.